The van der Waals surface area contributed by atoms with Crippen LogP contribution < -0.4 is 15.0 Å². The second kappa shape index (κ2) is 9.37. The molecular formula is C15H29N5O. The van der Waals surface area contributed by atoms with E-state index < -0.39 is 0 Å². The molecule has 1 aromatic heterocycles. The lowest BCUT2D eigenvalue weighted by Gasteiger charge is -2.21. The van der Waals surface area contributed by atoms with Gasteiger partial charge in [-0.1, -0.05) is 34.1 Å². The van der Waals surface area contributed by atoms with Gasteiger partial charge in [0.2, 0.25) is 11.9 Å². The molecule has 1 N–H and O–H groups in total. The van der Waals surface area contributed by atoms with E-state index in [0.717, 1.165) is 32.4 Å². The molecule has 0 aliphatic rings. The number of aromatic nitrogens is 3. The molecule has 6 heteroatoms. The van der Waals surface area contributed by atoms with Crippen LogP contribution in [0.25, 0.3) is 0 Å². The second-order valence-electron chi connectivity index (χ2n) is 5.41. The molecule has 0 spiro atoms. The third-order valence-corrected chi connectivity index (χ3v) is 3.20. The highest BCUT2D eigenvalue weighted by Gasteiger charge is 2.13. The van der Waals surface area contributed by atoms with Crippen molar-refractivity contribution in [1.82, 2.24) is 15.0 Å². The number of hydrogen-bond donors (Lipinski definition) is 1. The number of ether oxygens (including phenoxy) is 1. The Kier molecular flexibility index (Phi) is 7.79. The first-order valence-electron chi connectivity index (χ1n) is 7.94. The van der Waals surface area contributed by atoms with Gasteiger partial charge in [-0.25, -0.2) is 0 Å². The van der Waals surface area contributed by atoms with Crippen molar-refractivity contribution in [3.63, 3.8) is 0 Å². The van der Waals surface area contributed by atoms with Crippen LogP contribution in [-0.2, 0) is 0 Å². The fourth-order valence-electron chi connectivity index (χ4n) is 1.77. The van der Waals surface area contributed by atoms with Crippen molar-refractivity contribution in [3.8, 4) is 6.01 Å². The Hall–Kier alpha value is -1.59. The summed E-state index contributed by atoms with van der Waals surface area (Å²) in [5.74, 6) is 1.85. The number of rotatable bonds is 10. The summed E-state index contributed by atoms with van der Waals surface area (Å²) in [5, 5.41) is 3.20. The smallest absolute Gasteiger partial charge is 0.323 e. The number of hydrogen-bond acceptors (Lipinski definition) is 6. The van der Waals surface area contributed by atoms with Gasteiger partial charge in [-0.2, -0.15) is 15.0 Å². The normalized spacial score (nSPS) is 12.0. The molecule has 0 aromatic carbocycles. The van der Waals surface area contributed by atoms with E-state index in [1.54, 1.807) is 0 Å². The highest BCUT2D eigenvalue weighted by molar-refractivity contribution is 5.37. The number of nitrogens with zero attached hydrogens (tertiary/aromatic N) is 4. The maximum atomic E-state index is 5.57. The molecule has 0 saturated heterocycles. The molecule has 6 nitrogen and oxygen atoms in total. The summed E-state index contributed by atoms with van der Waals surface area (Å²) in [6.45, 7) is 11.0. The van der Waals surface area contributed by atoms with Gasteiger partial charge in [0.15, 0.2) is 0 Å². The van der Waals surface area contributed by atoms with Crippen LogP contribution in [-0.4, -0.2) is 41.7 Å². The van der Waals surface area contributed by atoms with E-state index in [4.69, 9.17) is 4.74 Å². The molecule has 0 aliphatic heterocycles. The highest BCUT2D eigenvalue weighted by atomic mass is 16.5. The Balaban J connectivity index is 2.88. The average molecular weight is 295 g/mol. The monoisotopic (exact) mass is 295 g/mol. The molecule has 120 valence electrons. The minimum atomic E-state index is 0.399. The van der Waals surface area contributed by atoms with E-state index in [9.17, 15) is 0 Å². The molecule has 1 rings (SSSR count). The molecule has 1 heterocycles. The topological polar surface area (TPSA) is 63.2 Å². The summed E-state index contributed by atoms with van der Waals surface area (Å²) in [4.78, 5) is 15.3. The molecule has 1 atom stereocenters. The molecule has 0 saturated carbocycles. The van der Waals surface area contributed by atoms with Crippen molar-refractivity contribution >= 4 is 11.9 Å². The maximum absolute atomic E-state index is 5.57. The van der Waals surface area contributed by atoms with E-state index in [0.29, 0.717) is 30.4 Å². The van der Waals surface area contributed by atoms with Gasteiger partial charge in [-0.15, -0.1) is 0 Å². The van der Waals surface area contributed by atoms with Crippen molar-refractivity contribution in [2.24, 2.45) is 5.92 Å². The Labute approximate surface area is 128 Å². The van der Waals surface area contributed by atoms with E-state index >= 15 is 0 Å². The number of anilines is 2. The fourth-order valence-corrected chi connectivity index (χ4v) is 1.77. The van der Waals surface area contributed by atoms with Crippen LogP contribution in [0.3, 0.4) is 0 Å². The first-order chi connectivity index (χ1) is 10.1. The molecule has 0 radical (unpaired) electrons. The van der Waals surface area contributed by atoms with Crippen LogP contribution in [0.2, 0.25) is 0 Å². The van der Waals surface area contributed by atoms with E-state index in [2.05, 4.69) is 52.9 Å². The molecule has 0 amide bonds. The Bertz CT molecular complexity index is 387. The molecule has 1 aromatic rings. The lowest BCUT2D eigenvalue weighted by molar-refractivity contribution is 0.291. The summed E-state index contributed by atoms with van der Waals surface area (Å²) in [5.41, 5.74) is 0. The number of nitrogens with one attached hydrogen (secondary N) is 1. The summed E-state index contributed by atoms with van der Waals surface area (Å²) < 4.78 is 5.57. The highest BCUT2D eigenvalue weighted by Crippen LogP contribution is 2.16. The Morgan fingerprint density at radius 1 is 1.14 bits per heavy atom. The lowest BCUT2D eigenvalue weighted by Crippen LogP contribution is -2.26. The van der Waals surface area contributed by atoms with E-state index in [-0.39, 0.29) is 0 Å². The van der Waals surface area contributed by atoms with Crippen LogP contribution >= 0.6 is 0 Å². The van der Waals surface area contributed by atoms with E-state index in [1.807, 2.05) is 7.05 Å². The van der Waals surface area contributed by atoms with Crippen LogP contribution in [0.5, 0.6) is 6.01 Å². The van der Waals surface area contributed by atoms with Crippen LogP contribution in [0, 0.1) is 5.92 Å². The third-order valence-electron chi connectivity index (χ3n) is 3.20. The summed E-state index contributed by atoms with van der Waals surface area (Å²) in [6, 6.07) is 0.399. The lowest BCUT2D eigenvalue weighted by atomic mass is 10.1. The van der Waals surface area contributed by atoms with Crippen LogP contribution in [0.4, 0.5) is 11.9 Å². The predicted molar refractivity (Wildman–Crippen MR) is 87.1 cm³/mol. The zero-order chi connectivity index (χ0) is 15.7. The van der Waals surface area contributed by atoms with Gasteiger partial charge in [0.1, 0.15) is 0 Å². The van der Waals surface area contributed by atoms with Crippen LogP contribution in [0.15, 0.2) is 0 Å². The zero-order valence-electron chi connectivity index (χ0n) is 14.0. The second-order valence-corrected chi connectivity index (χ2v) is 5.41. The van der Waals surface area contributed by atoms with Gasteiger partial charge < -0.3 is 15.0 Å². The fraction of sp³-hybridized carbons (Fsp3) is 0.800. The van der Waals surface area contributed by atoms with Gasteiger partial charge in [-0.05, 0) is 18.8 Å². The van der Waals surface area contributed by atoms with Gasteiger partial charge in [0.05, 0.1) is 6.61 Å². The van der Waals surface area contributed by atoms with Crippen molar-refractivity contribution in [2.45, 2.75) is 47.0 Å². The predicted octanol–water partition coefficient (Wildman–Crippen LogP) is 2.96. The minimum Gasteiger partial charge on any atom is -0.463 e. The van der Waals surface area contributed by atoms with Crippen molar-refractivity contribution in [2.75, 3.05) is 37.0 Å². The van der Waals surface area contributed by atoms with Gasteiger partial charge in [0, 0.05) is 20.1 Å². The van der Waals surface area contributed by atoms with Gasteiger partial charge in [-0.3, -0.25) is 0 Å². The molecule has 1 unspecified atom stereocenters. The van der Waals surface area contributed by atoms with Gasteiger partial charge >= 0.3 is 6.01 Å². The van der Waals surface area contributed by atoms with Crippen molar-refractivity contribution < 1.29 is 4.74 Å². The SMILES string of the molecule is CCCNc1nc(OCCC)nc(N(C)CC(C)CC)n1. The summed E-state index contributed by atoms with van der Waals surface area (Å²) in [7, 11) is 2.01. The molecule has 0 fully saturated rings. The molecular weight excluding hydrogens is 266 g/mol. The minimum absolute atomic E-state index is 0.399. The molecule has 0 bridgehead atoms. The van der Waals surface area contributed by atoms with E-state index in [1.165, 1.54) is 0 Å². The van der Waals surface area contributed by atoms with Crippen molar-refractivity contribution in [1.29, 1.82) is 0 Å². The zero-order valence-corrected chi connectivity index (χ0v) is 14.0. The maximum Gasteiger partial charge on any atom is 0.323 e. The largest absolute Gasteiger partial charge is 0.463 e. The average Bonchev–Trinajstić information content (AvgIpc) is 2.50. The quantitative estimate of drug-likeness (QED) is 0.716. The standard InChI is InChI=1S/C15H29N5O/c1-6-9-16-13-17-14(20(5)11-12(4)8-3)19-15(18-13)21-10-7-2/h12H,6-11H2,1-5H3,(H,16,17,18,19). The van der Waals surface area contributed by atoms with Gasteiger partial charge in [0.25, 0.3) is 0 Å². The van der Waals surface area contributed by atoms with Crippen LogP contribution in [0.1, 0.15) is 47.0 Å². The first-order valence-corrected chi connectivity index (χ1v) is 7.94. The summed E-state index contributed by atoms with van der Waals surface area (Å²) in [6.07, 6.45) is 3.09. The van der Waals surface area contributed by atoms with Crippen molar-refractivity contribution in [3.05, 3.63) is 0 Å². The first kappa shape index (κ1) is 17.5. The Morgan fingerprint density at radius 3 is 2.52 bits per heavy atom. The third kappa shape index (κ3) is 6.14. The molecule has 0 aliphatic carbocycles. The molecule has 21 heavy (non-hydrogen) atoms. The Morgan fingerprint density at radius 2 is 1.90 bits per heavy atom. The summed E-state index contributed by atoms with van der Waals surface area (Å²) >= 11 is 0.